The number of para-hydroxylation sites is 1. The first-order valence-electron chi connectivity index (χ1n) is 6.45. The van der Waals surface area contributed by atoms with Gasteiger partial charge in [-0.05, 0) is 29.8 Å². The molecule has 2 amide bonds. The lowest BCUT2D eigenvalue weighted by Gasteiger charge is -2.18. The zero-order valence-electron chi connectivity index (χ0n) is 11.6. The summed E-state index contributed by atoms with van der Waals surface area (Å²) in [5.41, 5.74) is 1.83. The summed E-state index contributed by atoms with van der Waals surface area (Å²) >= 11 is 0. The lowest BCUT2D eigenvalue weighted by atomic mass is 10.1. The highest BCUT2D eigenvalue weighted by molar-refractivity contribution is 5.89. The van der Waals surface area contributed by atoms with Gasteiger partial charge in [0.15, 0.2) is 0 Å². The molecule has 5 heteroatoms. The minimum absolute atomic E-state index is 0.219. The van der Waals surface area contributed by atoms with Crippen LogP contribution in [0, 0.1) is 0 Å². The van der Waals surface area contributed by atoms with Crippen molar-refractivity contribution in [3.05, 3.63) is 65.7 Å². The van der Waals surface area contributed by atoms with E-state index in [9.17, 15) is 9.59 Å². The average Bonchev–Trinajstić information content (AvgIpc) is 2.48. The van der Waals surface area contributed by atoms with E-state index in [0.717, 1.165) is 11.3 Å². The number of anilines is 1. The summed E-state index contributed by atoms with van der Waals surface area (Å²) in [5.74, 6) is -0.961. The van der Waals surface area contributed by atoms with E-state index < -0.39 is 5.97 Å². The molecule has 2 N–H and O–H groups in total. The SMILES string of the molecule is CN(Cc1ccc(C(=O)O)cc1)C(=O)Nc1ccccc1. The molecule has 2 aromatic rings. The van der Waals surface area contributed by atoms with Gasteiger partial charge in [-0.2, -0.15) is 0 Å². The van der Waals surface area contributed by atoms with Gasteiger partial charge >= 0.3 is 12.0 Å². The molecule has 0 bridgehead atoms. The molecule has 2 rings (SSSR count). The van der Waals surface area contributed by atoms with Gasteiger partial charge in [0, 0.05) is 19.3 Å². The van der Waals surface area contributed by atoms with Crippen LogP contribution in [-0.4, -0.2) is 29.1 Å². The number of carboxylic acids is 1. The van der Waals surface area contributed by atoms with Crippen LogP contribution in [0.2, 0.25) is 0 Å². The summed E-state index contributed by atoms with van der Waals surface area (Å²) in [6.07, 6.45) is 0. The minimum Gasteiger partial charge on any atom is -0.478 e. The molecule has 0 aliphatic carbocycles. The second kappa shape index (κ2) is 6.56. The summed E-state index contributed by atoms with van der Waals surface area (Å²) in [6.45, 7) is 0.401. The first-order chi connectivity index (χ1) is 10.1. The molecule has 0 radical (unpaired) electrons. The number of nitrogens with zero attached hydrogens (tertiary/aromatic N) is 1. The van der Waals surface area contributed by atoms with Gasteiger partial charge in [-0.3, -0.25) is 0 Å². The Hall–Kier alpha value is -2.82. The number of benzene rings is 2. The van der Waals surface area contributed by atoms with Gasteiger partial charge in [-0.15, -0.1) is 0 Å². The van der Waals surface area contributed by atoms with Crippen molar-refractivity contribution in [2.24, 2.45) is 0 Å². The fourth-order valence-corrected chi connectivity index (χ4v) is 1.84. The molecule has 0 saturated carbocycles. The third kappa shape index (κ3) is 4.07. The van der Waals surface area contributed by atoms with E-state index in [1.807, 2.05) is 30.3 Å². The molecule has 21 heavy (non-hydrogen) atoms. The zero-order valence-corrected chi connectivity index (χ0v) is 11.6. The highest BCUT2D eigenvalue weighted by atomic mass is 16.4. The highest BCUT2D eigenvalue weighted by Gasteiger charge is 2.10. The van der Waals surface area contributed by atoms with Crippen LogP contribution < -0.4 is 5.32 Å². The fourth-order valence-electron chi connectivity index (χ4n) is 1.84. The normalized spacial score (nSPS) is 9.95. The average molecular weight is 284 g/mol. The van der Waals surface area contributed by atoms with Crippen LogP contribution in [0.25, 0.3) is 0 Å². The van der Waals surface area contributed by atoms with E-state index >= 15 is 0 Å². The molecule has 0 spiro atoms. The van der Waals surface area contributed by atoms with Crippen molar-refractivity contribution >= 4 is 17.7 Å². The van der Waals surface area contributed by atoms with Crippen molar-refractivity contribution in [2.75, 3.05) is 12.4 Å². The third-order valence-electron chi connectivity index (χ3n) is 2.99. The largest absolute Gasteiger partial charge is 0.478 e. The number of carbonyl (C=O) groups is 2. The fraction of sp³-hybridized carbons (Fsp3) is 0.125. The number of carbonyl (C=O) groups excluding carboxylic acids is 1. The maximum atomic E-state index is 12.0. The van der Waals surface area contributed by atoms with E-state index in [4.69, 9.17) is 5.11 Å². The van der Waals surface area contributed by atoms with E-state index in [-0.39, 0.29) is 11.6 Å². The topological polar surface area (TPSA) is 69.6 Å². The van der Waals surface area contributed by atoms with Gasteiger partial charge in [0.1, 0.15) is 0 Å². The molecule has 0 fully saturated rings. The number of nitrogens with one attached hydrogen (secondary N) is 1. The number of aromatic carboxylic acids is 1. The van der Waals surface area contributed by atoms with Crippen molar-refractivity contribution < 1.29 is 14.7 Å². The third-order valence-corrected chi connectivity index (χ3v) is 2.99. The van der Waals surface area contributed by atoms with E-state index in [0.29, 0.717) is 6.54 Å². The van der Waals surface area contributed by atoms with Crippen LogP contribution in [0.5, 0.6) is 0 Å². The molecule has 5 nitrogen and oxygen atoms in total. The summed E-state index contributed by atoms with van der Waals surface area (Å²) in [6, 6.07) is 15.4. The van der Waals surface area contributed by atoms with Crippen molar-refractivity contribution in [3.63, 3.8) is 0 Å². The molecule has 0 saturated heterocycles. The number of carboxylic acid groups (broad SMARTS) is 1. The monoisotopic (exact) mass is 284 g/mol. The molecule has 0 atom stereocenters. The summed E-state index contributed by atoms with van der Waals surface area (Å²) in [5, 5.41) is 11.6. The lowest BCUT2D eigenvalue weighted by Crippen LogP contribution is -2.30. The van der Waals surface area contributed by atoms with Crippen LogP contribution in [0.3, 0.4) is 0 Å². The van der Waals surface area contributed by atoms with E-state index in [1.54, 1.807) is 19.2 Å². The molecule has 0 heterocycles. The molecule has 108 valence electrons. The van der Waals surface area contributed by atoms with Gasteiger partial charge in [-0.25, -0.2) is 9.59 Å². The second-order valence-electron chi connectivity index (χ2n) is 4.65. The van der Waals surface area contributed by atoms with Crippen LogP contribution >= 0.6 is 0 Å². The molecule has 0 unspecified atom stereocenters. The molecule has 2 aromatic carbocycles. The number of hydrogen-bond donors (Lipinski definition) is 2. The molecular weight excluding hydrogens is 268 g/mol. The standard InChI is InChI=1S/C16H16N2O3/c1-18(16(21)17-14-5-3-2-4-6-14)11-12-7-9-13(10-8-12)15(19)20/h2-10H,11H2,1H3,(H,17,21)(H,19,20). The highest BCUT2D eigenvalue weighted by Crippen LogP contribution is 2.10. The number of rotatable bonds is 4. The first kappa shape index (κ1) is 14.6. The quantitative estimate of drug-likeness (QED) is 0.906. The molecular formula is C16H16N2O3. The van der Waals surface area contributed by atoms with Crippen LogP contribution in [0.4, 0.5) is 10.5 Å². The molecule has 0 aliphatic rings. The lowest BCUT2D eigenvalue weighted by molar-refractivity contribution is 0.0697. The predicted molar refractivity (Wildman–Crippen MR) is 80.3 cm³/mol. The number of amides is 2. The van der Waals surface area contributed by atoms with Gasteiger partial charge in [0.2, 0.25) is 0 Å². The smallest absolute Gasteiger partial charge is 0.335 e. The summed E-state index contributed by atoms with van der Waals surface area (Å²) in [4.78, 5) is 24.3. The zero-order chi connectivity index (χ0) is 15.2. The predicted octanol–water partition coefficient (Wildman–Crippen LogP) is 3.05. The minimum atomic E-state index is -0.961. The van der Waals surface area contributed by atoms with Crippen molar-refractivity contribution in [1.82, 2.24) is 4.90 Å². The van der Waals surface area contributed by atoms with Crippen LogP contribution in [0.1, 0.15) is 15.9 Å². The van der Waals surface area contributed by atoms with Gasteiger partial charge in [0.25, 0.3) is 0 Å². The Morgan fingerprint density at radius 3 is 2.24 bits per heavy atom. The van der Waals surface area contributed by atoms with Crippen molar-refractivity contribution in [3.8, 4) is 0 Å². The Bertz CT molecular complexity index is 624. The molecule has 0 aliphatic heterocycles. The summed E-state index contributed by atoms with van der Waals surface area (Å²) in [7, 11) is 1.68. The summed E-state index contributed by atoms with van der Waals surface area (Å²) < 4.78 is 0. The Morgan fingerprint density at radius 1 is 1.05 bits per heavy atom. The number of urea groups is 1. The van der Waals surface area contributed by atoms with Crippen molar-refractivity contribution in [2.45, 2.75) is 6.54 Å². The van der Waals surface area contributed by atoms with Crippen LogP contribution in [-0.2, 0) is 6.54 Å². The Balaban J connectivity index is 1.95. The Morgan fingerprint density at radius 2 is 1.67 bits per heavy atom. The molecule has 0 aromatic heterocycles. The van der Waals surface area contributed by atoms with E-state index in [2.05, 4.69) is 5.32 Å². The number of hydrogen-bond acceptors (Lipinski definition) is 2. The maximum absolute atomic E-state index is 12.0. The second-order valence-corrected chi connectivity index (χ2v) is 4.65. The van der Waals surface area contributed by atoms with Crippen LogP contribution in [0.15, 0.2) is 54.6 Å². The maximum Gasteiger partial charge on any atom is 0.335 e. The van der Waals surface area contributed by atoms with Crippen molar-refractivity contribution in [1.29, 1.82) is 0 Å². The first-order valence-corrected chi connectivity index (χ1v) is 6.45. The Kier molecular flexibility index (Phi) is 4.56. The van der Waals surface area contributed by atoms with Gasteiger partial charge in [0.05, 0.1) is 5.56 Å². The van der Waals surface area contributed by atoms with Gasteiger partial charge < -0.3 is 15.3 Å². The Labute approximate surface area is 122 Å². The van der Waals surface area contributed by atoms with Gasteiger partial charge in [-0.1, -0.05) is 30.3 Å². The van der Waals surface area contributed by atoms with E-state index in [1.165, 1.54) is 17.0 Å².